The van der Waals surface area contributed by atoms with Crippen molar-refractivity contribution in [3.8, 4) is 0 Å². The van der Waals surface area contributed by atoms with E-state index in [1.165, 1.54) is 12.1 Å². The third-order valence-electron chi connectivity index (χ3n) is 3.79. The van der Waals surface area contributed by atoms with Crippen LogP contribution in [-0.4, -0.2) is 35.1 Å². The molecular formula is C13H17N3O5. The van der Waals surface area contributed by atoms with Crippen molar-refractivity contribution in [3.63, 3.8) is 0 Å². The van der Waals surface area contributed by atoms with Gasteiger partial charge in [-0.3, -0.25) is 20.2 Å². The Bertz CT molecular complexity index is 577. The Morgan fingerprint density at radius 1 is 1.33 bits per heavy atom. The van der Waals surface area contributed by atoms with E-state index in [2.05, 4.69) is 0 Å². The van der Waals surface area contributed by atoms with Gasteiger partial charge < -0.3 is 9.64 Å². The number of nitro benzene ring substituents is 2. The molecule has 1 saturated heterocycles. The van der Waals surface area contributed by atoms with E-state index in [-0.39, 0.29) is 17.0 Å². The standard InChI is InChI=1S/C13H17N3O5/c1-3-13(2)9-14(6-7-21-13)11-5-4-10(15(17)18)8-12(11)16(19)20/h4-5,8H,3,6-7,9H2,1-2H3. The topological polar surface area (TPSA) is 98.8 Å². The third kappa shape index (κ3) is 3.10. The molecule has 0 amide bonds. The van der Waals surface area contributed by atoms with Crippen LogP contribution in [0.3, 0.4) is 0 Å². The Morgan fingerprint density at radius 3 is 2.62 bits per heavy atom. The summed E-state index contributed by atoms with van der Waals surface area (Å²) < 4.78 is 5.71. The molecule has 0 aliphatic carbocycles. The second kappa shape index (κ2) is 5.65. The fourth-order valence-corrected chi connectivity index (χ4v) is 2.39. The predicted octanol–water partition coefficient (Wildman–Crippen LogP) is 2.51. The van der Waals surface area contributed by atoms with Gasteiger partial charge in [0.25, 0.3) is 11.4 Å². The van der Waals surface area contributed by atoms with E-state index in [1.807, 2.05) is 18.7 Å². The van der Waals surface area contributed by atoms with Crippen LogP contribution in [-0.2, 0) is 4.74 Å². The zero-order chi connectivity index (χ0) is 15.6. The molecule has 1 aromatic rings. The highest BCUT2D eigenvalue weighted by atomic mass is 16.6. The molecule has 1 atom stereocenters. The molecule has 8 heteroatoms. The number of hydrogen-bond donors (Lipinski definition) is 0. The van der Waals surface area contributed by atoms with Crippen LogP contribution in [0, 0.1) is 20.2 Å². The molecule has 0 radical (unpaired) electrons. The smallest absolute Gasteiger partial charge is 0.299 e. The van der Waals surface area contributed by atoms with Gasteiger partial charge in [0.05, 0.1) is 28.1 Å². The lowest BCUT2D eigenvalue weighted by Crippen LogP contribution is -2.50. The summed E-state index contributed by atoms with van der Waals surface area (Å²) in [7, 11) is 0. The highest BCUT2D eigenvalue weighted by Crippen LogP contribution is 2.34. The van der Waals surface area contributed by atoms with Crippen LogP contribution in [0.2, 0.25) is 0 Å². The van der Waals surface area contributed by atoms with Crippen LogP contribution >= 0.6 is 0 Å². The maximum atomic E-state index is 11.2. The molecule has 1 aliphatic rings. The second-order valence-electron chi connectivity index (χ2n) is 5.26. The van der Waals surface area contributed by atoms with Gasteiger partial charge in [-0.2, -0.15) is 0 Å². The summed E-state index contributed by atoms with van der Waals surface area (Å²) in [5.41, 5.74) is -0.497. The largest absolute Gasteiger partial charge is 0.372 e. The van der Waals surface area contributed by atoms with Crippen LogP contribution < -0.4 is 4.90 Å². The fourth-order valence-electron chi connectivity index (χ4n) is 2.39. The number of hydrogen-bond acceptors (Lipinski definition) is 6. The lowest BCUT2D eigenvalue weighted by atomic mass is 10.0. The molecule has 0 spiro atoms. The summed E-state index contributed by atoms with van der Waals surface area (Å²) in [5, 5.41) is 22.0. The minimum Gasteiger partial charge on any atom is -0.372 e. The Labute approximate surface area is 121 Å². The van der Waals surface area contributed by atoms with Crippen molar-refractivity contribution in [3.05, 3.63) is 38.4 Å². The van der Waals surface area contributed by atoms with E-state index in [0.717, 1.165) is 12.5 Å². The summed E-state index contributed by atoms with van der Waals surface area (Å²) in [6, 6.07) is 3.74. The molecule has 1 aromatic carbocycles. The average Bonchev–Trinajstić information content (AvgIpc) is 2.46. The zero-order valence-corrected chi connectivity index (χ0v) is 11.9. The molecule has 1 unspecified atom stereocenters. The predicted molar refractivity (Wildman–Crippen MR) is 76.6 cm³/mol. The molecule has 1 aliphatic heterocycles. The lowest BCUT2D eigenvalue weighted by Gasteiger charge is -2.40. The highest BCUT2D eigenvalue weighted by molar-refractivity contribution is 5.67. The number of ether oxygens (including phenoxy) is 1. The molecule has 0 bridgehead atoms. The van der Waals surface area contributed by atoms with Gasteiger partial charge in [0.2, 0.25) is 0 Å². The molecule has 1 fully saturated rings. The van der Waals surface area contributed by atoms with Crippen LogP contribution in [0.4, 0.5) is 17.1 Å². The Kier molecular flexibility index (Phi) is 4.08. The number of morpholine rings is 1. The van der Waals surface area contributed by atoms with Gasteiger partial charge in [-0.05, 0) is 19.4 Å². The molecule has 21 heavy (non-hydrogen) atoms. The van der Waals surface area contributed by atoms with Gasteiger partial charge in [-0.15, -0.1) is 0 Å². The first kappa shape index (κ1) is 15.2. The van der Waals surface area contributed by atoms with Crippen molar-refractivity contribution in [2.75, 3.05) is 24.6 Å². The first-order chi connectivity index (χ1) is 9.86. The molecule has 1 heterocycles. The number of rotatable bonds is 4. The van der Waals surface area contributed by atoms with Gasteiger partial charge >= 0.3 is 0 Å². The molecule has 0 N–H and O–H groups in total. The molecular weight excluding hydrogens is 278 g/mol. The fraction of sp³-hybridized carbons (Fsp3) is 0.538. The molecule has 114 valence electrons. The first-order valence-electron chi connectivity index (χ1n) is 6.68. The van der Waals surface area contributed by atoms with E-state index in [0.29, 0.717) is 25.4 Å². The normalized spacial score (nSPS) is 22.1. The number of nitrogens with zero attached hydrogens (tertiary/aromatic N) is 3. The second-order valence-corrected chi connectivity index (χ2v) is 5.26. The number of benzene rings is 1. The Hall–Kier alpha value is -2.22. The summed E-state index contributed by atoms with van der Waals surface area (Å²) in [6.45, 7) is 5.46. The van der Waals surface area contributed by atoms with E-state index >= 15 is 0 Å². The molecule has 8 nitrogen and oxygen atoms in total. The molecule has 0 saturated carbocycles. The van der Waals surface area contributed by atoms with Crippen molar-refractivity contribution in [1.29, 1.82) is 0 Å². The Morgan fingerprint density at radius 2 is 2.05 bits per heavy atom. The number of non-ortho nitro benzene ring substituents is 1. The maximum Gasteiger partial charge on any atom is 0.299 e. The van der Waals surface area contributed by atoms with Gasteiger partial charge in [0, 0.05) is 19.2 Å². The van der Waals surface area contributed by atoms with E-state index in [9.17, 15) is 20.2 Å². The van der Waals surface area contributed by atoms with Gasteiger partial charge in [-0.25, -0.2) is 0 Å². The van der Waals surface area contributed by atoms with Crippen molar-refractivity contribution >= 4 is 17.1 Å². The maximum absolute atomic E-state index is 11.2. The van der Waals surface area contributed by atoms with Gasteiger partial charge in [0.15, 0.2) is 0 Å². The third-order valence-corrected chi connectivity index (χ3v) is 3.79. The Balaban J connectivity index is 2.39. The first-order valence-corrected chi connectivity index (χ1v) is 6.68. The highest BCUT2D eigenvalue weighted by Gasteiger charge is 2.33. The number of anilines is 1. The van der Waals surface area contributed by atoms with Crippen molar-refractivity contribution < 1.29 is 14.6 Å². The van der Waals surface area contributed by atoms with Crippen LogP contribution in [0.25, 0.3) is 0 Å². The molecule has 0 aromatic heterocycles. The van der Waals surface area contributed by atoms with Crippen molar-refractivity contribution in [1.82, 2.24) is 0 Å². The quantitative estimate of drug-likeness (QED) is 0.625. The summed E-state index contributed by atoms with van der Waals surface area (Å²) in [5.74, 6) is 0. The summed E-state index contributed by atoms with van der Waals surface area (Å²) >= 11 is 0. The van der Waals surface area contributed by atoms with Crippen LogP contribution in [0.1, 0.15) is 20.3 Å². The van der Waals surface area contributed by atoms with Crippen molar-refractivity contribution in [2.24, 2.45) is 0 Å². The lowest BCUT2D eigenvalue weighted by molar-refractivity contribution is -0.393. The van der Waals surface area contributed by atoms with E-state index in [4.69, 9.17) is 4.74 Å². The van der Waals surface area contributed by atoms with Crippen molar-refractivity contribution in [2.45, 2.75) is 25.9 Å². The monoisotopic (exact) mass is 295 g/mol. The summed E-state index contributed by atoms with van der Waals surface area (Å²) in [4.78, 5) is 22.6. The van der Waals surface area contributed by atoms with Gasteiger partial charge in [0.1, 0.15) is 5.69 Å². The summed E-state index contributed by atoms with van der Waals surface area (Å²) in [6.07, 6.45) is 0.782. The zero-order valence-electron chi connectivity index (χ0n) is 11.9. The average molecular weight is 295 g/mol. The minimum absolute atomic E-state index is 0.246. The van der Waals surface area contributed by atoms with E-state index in [1.54, 1.807) is 0 Å². The van der Waals surface area contributed by atoms with Crippen LogP contribution in [0.5, 0.6) is 0 Å². The number of nitro groups is 2. The van der Waals surface area contributed by atoms with E-state index < -0.39 is 9.85 Å². The SMILES string of the molecule is CCC1(C)CN(c2ccc([N+](=O)[O-])cc2[N+](=O)[O-])CCO1. The van der Waals surface area contributed by atoms with Gasteiger partial charge in [-0.1, -0.05) is 6.92 Å². The van der Waals surface area contributed by atoms with Crippen LogP contribution in [0.15, 0.2) is 18.2 Å². The minimum atomic E-state index is -0.633. The molecule has 2 rings (SSSR count).